The highest BCUT2D eigenvalue weighted by Gasteiger charge is 2.13. The minimum Gasteiger partial charge on any atom is -0.255 e. The molecule has 0 spiro atoms. The fourth-order valence-corrected chi connectivity index (χ4v) is 5.31. The predicted molar refractivity (Wildman–Crippen MR) is 178 cm³/mol. The SMILES string of the molecule is CCCCc1ccc(N=CC(CC)=Nc2cc(CCCC)c(CCCC)c(-c3ccccc3)c2)cc1CCCC. The molecule has 0 bridgehead atoms. The maximum absolute atomic E-state index is 5.17. The molecule has 3 aromatic carbocycles. The van der Waals surface area contributed by atoms with E-state index in [2.05, 4.69) is 95.3 Å². The van der Waals surface area contributed by atoms with Crippen LogP contribution in [0.2, 0.25) is 0 Å². The first kappa shape index (κ1) is 31.5. The quantitative estimate of drug-likeness (QED) is 0.153. The first-order chi connectivity index (χ1) is 19.6. The third-order valence-corrected chi connectivity index (χ3v) is 7.78. The molecule has 0 radical (unpaired) electrons. The Bertz CT molecular complexity index is 1220. The number of unbranched alkanes of at least 4 members (excludes halogenated alkanes) is 4. The lowest BCUT2D eigenvalue weighted by atomic mass is 9.89. The zero-order valence-corrected chi connectivity index (χ0v) is 25.9. The van der Waals surface area contributed by atoms with Crippen LogP contribution in [0.3, 0.4) is 0 Å². The van der Waals surface area contributed by atoms with E-state index in [1.807, 2.05) is 6.21 Å². The molecule has 0 atom stereocenters. The van der Waals surface area contributed by atoms with Crippen LogP contribution in [-0.4, -0.2) is 11.9 Å². The van der Waals surface area contributed by atoms with Crippen molar-refractivity contribution in [3.05, 3.63) is 82.9 Å². The highest BCUT2D eigenvalue weighted by molar-refractivity contribution is 6.31. The molecule has 2 nitrogen and oxygen atoms in total. The normalized spacial score (nSPS) is 12.0. The third kappa shape index (κ3) is 9.58. The fraction of sp³-hybridized carbons (Fsp3) is 0.474. The molecule has 0 fully saturated rings. The van der Waals surface area contributed by atoms with Crippen molar-refractivity contribution in [3.63, 3.8) is 0 Å². The molecule has 3 rings (SSSR count). The average Bonchev–Trinajstić information content (AvgIpc) is 2.99. The van der Waals surface area contributed by atoms with Crippen LogP contribution < -0.4 is 0 Å². The van der Waals surface area contributed by atoms with E-state index >= 15 is 0 Å². The Labute approximate surface area is 245 Å². The van der Waals surface area contributed by atoms with Crippen molar-refractivity contribution in [2.45, 2.75) is 118 Å². The maximum atomic E-state index is 5.17. The molecule has 0 heterocycles. The lowest BCUT2D eigenvalue weighted by Crippen LogP contribution is -2.01. The molecule has 0 amide bonds. The van der Waals surface area contributed by atoms with Gasteiger partial charge in [0.2, 0.25) is 0 Å². The van der Waals surface area contributed by atoms with E-state index in [0.29, 0.717) is 0 Å². The van der Waals surface area contributed by atoms with Gasteiger partial charge in [0.25, 0.3) is 0 Å². The highest BCUT2D eigenvalue weighted by Crippen LogP contribution is 2.34. The van der Waals surface area contributed by atoms with Crippen LogP contribution in [0.25, 0.3) is 11.1 Å². The molecular weight excluding hydrogens is 484 g/mol. The second kappa shape index (κ2) is 17.6. The fourth-order valence-electron chi connectivity index (χ4n) is 5.31. The first-order valence-corrected chi connectivity index (χ1v) is 16.1. The predicted octanol–water partition coefficient (Wildman–Crippen LogP) is 11.6. The van der Waals surface area contributed by atoms with Gasteiger partial charge >= 0.3 is 0 Å². The van der Waals surface area contributed by atoms with Crippen LogP contribution in [0.4, 0.5) is 11.4 Å². The number of rotatable bonds is 17. The van der Waals surface area contributed by atoms with Crippen molar-refractivity contribution in [2.75, 3.05) is 0 Å². The number of nitrogens with zero attached hydrogens (tertiary/aromatic N) is 2. The van der Waals surface area contributed by atoms with Gasteiger partial charge in [-0.1, -0.05) is 96.7 Å². The molecule has 40 heavy (non-hydrogen) atoms. The van der Waals surface area contributed by atoms with Gasteiger partial charge in [0, 0.05) is 6.21 Å². The Hall–Kier alpha value is -3.00. The summed E-state index contributed by atoms with van der Waals surface area (Å²) < 4.78 is 0. The lowest BCUT2D eigenvalue weighted by molar-refractivity contribution is 0.758. The smallest absolute Gasteiger partial charge is 0.0642 e. The molecule has 0 unspecified atom stereocenters. The Kier molecular flexibility index (Phi) is 13.9. The van der Waals surface area contributed by atoms with Gasteiger partial charge < -0.3 is 0 Å². The van der Waals surface area contributed by atoms with Crippen LogP contribution in [0.15, 0.2) is 70.6 Å². The van der Waals surface area contributed by atoms with Crippen LogP contribution in [0.1, 0.15) is 115 Å². The lowest BCUT2D eigenvalue weighted by Gasteiger charge is -2.17. The molecule has 2 heteroatoms. The Morgan fingerprint density at radius 2 is 1.20 bits per heavy atom. The van der Waals surface area contributed by atoms with Crippen molar-refractivity contribution < 1.29 is 0 Å². The monoisotopic (exact) mass is 536 g/mol. The largest absolute Gasteiger partial charge is 0.255 e. The number of aliphatic imine (C=N–C) groups is 2. The number of hydrogen-bond donors (Lipinski definition) is 0. The molecule has 0 aliphatic heterocycles. The standard InChI is InChI=1S/C38H52N2/c1-6-11-18-30-24-25-35(26-32(30)19-12-7-2)39-29-34(10-5)40-36-27-33(20-13-8-3)37(23-14-9-4)38(28-36)31-21-16-15-17-22-31/h15-17,21-22,24-29H,6-14,18-20,23H2,1-5H3. The van der Waals surface area contributed by atoms with Gasteiger partial charge in [-0.05, 0) is 115 Å². The molecule has 0 N–H and O–H groups in total. The summed E-state index contributed by atoms with van der Waals surface area (Å²) in [5.74, 6) is 0. The van der Waals surface area contributed by atoms with Gasteiger partial charge in [-0.25, -0.2) is 0 Å². The van der Waals surface area contributed by atoms with E-state index in [1.165, 1.54) is 91.2 Å². The molecule has 0 aliphatic rings. The van der Waals surface area contributed by atoms with Gasteiger partial charge in [-0.2, -0.15) is 0 Å². The summed E-state index contributed by atoms with van der Waals surface area (Å²) in [6, 6.07) is 22.3. The molecule has 3 aromatic rings. The van der Waals surface area contributed by atoms with Crippen molar-refractivity contribution in [2.24, 2.45) is 9.98 Å². The Balaban J connectivity index is 1.98. The van der Waals surface area contributed by atoms with E-state index in [9.17, 15) is 0 Å². The van der Waals surface area contributed by atoms with Gasteiger partial charge in [0.15, 0.2) is 0 Å². The summed E-state index contributed by atoms with van der Waals surface area (Å²) in [7, 11) is 0. The second-order valence-electron chi connectivity index (χ2n) is 11.1. The number of aryl methyl sites for hydroxylation is 3. The molecular formula is C38H52N2. The van der Waals surface area contributed by atoms with Crippen LogP contribution in [0.5, 0.6) is 0 Å². The van der Waals surface area contributed by atoms with E-state index in [0.717, 1.165) is 42.8 Å². The first-order valence-electron chi connectivity index (χ1n) is 16.1. The Morgan fingerprint density at radius 3 is 1.85 bits per heavy atom. The van der Waals surface area contributed by atoms with Crippen molar-refractivity contribution in [3.8, 4) is 11.1 Å². The highest BCUT2D eigenvalue weighted by atomic mass is 14.8. The molecule has 0 aromatic heterocycles. The van der Waals surface area contributed by atoms with Crippen molar-refractivity contribution in [1.29, 1.82) is 0 Å². The minimum absolute atomic E-state index is 0.851. The summed E-state index contributed by atoms with van der Waals surface area (Å²) >= 11 is 0. The third-order valence-electron chi connectivity index (χ3n) is 7.78. The summed E-state index contributed by atoms with van der Waals surface area (Å²) in [4.78, 5) is 10.1. The van der Waals surface area contributed by atoms with E-state index in [-0.39, 0.29) is 0 Å². The Morgan fingerprint density at radius 1 is 0.600 bits per heavy atom. The topological polar surface area (TPSA) is 24.7 Å². The average molecular weight is 537 g/mol. The zero-order valence-electron chi connectivity index (χ0n) is 25.9. The minimum atomic E-state index is 0.851. The van der Waals surface area contributed by atoms with Crippen LogP contribution in [-0.2, 0) is 25.7 Å². The summed E-state index contributed by atoms with van der Waals surface area (Å²) in [5, 5.41) is 0. The summed E-state index contributed by atoms with van der Waals surface area (Å²) in [6.07, 6.45) is 17.1. The van der Waals surface area contributed by atoms with Crippen LogP contribution >= 0.6 is 0 Å². The van der Waals surface area contributed by atoms with Gasteiger partial charge in [0.05, 0.1) is 17.1 Å². The van der Waals surface area contributed by atoms with Crippen molar-refractivity contribution >= 4 is 23.3 Å². The van der Waals surface area contributed by atoms with E-state index in [4.69, 9.17) is 9.98 Å². The molecule has 214 valence electrons. The summed E-state index contributed by atoms with van der Waals surface area (Å²) in [5.41, 5.74) is 11.7. The van der Waals surface area contributed by atoms with Gasteiger partial charge in [-0.15, -0.1) is 0 Å². The molecule has 0 saturated heterocycles. The van der Waals surface area contributed by atoms with E-state index in [1.54, 1.807) is 0 Å². The molecule has 0 aliphatic carbocycles. The van der Waals surface area contributed by atoms with Crippen molar-refractivity contribution in [1.82, 2.24) is 0 Å². The second-order valence-corrected chi connectivity index (χ2v) is 11.1. The number of hydrogen-bond acceptors (Lipinski definition) is 2. The van der Waals surface area contributed by atoms with E-state index < -0.39 is 0 Å². The zero-order chi connectivity index (χ0) is 28.6. The number of benzene rings is 3. The maximum Gasteiger partial charge on any atom is 0.0642 e. The molecule has 0 saturated carbocycles. The van der Waals surface area contributed by atoms with Crippen LogP contribution in [0, 0.1) is 0 Å². The summed E-state index contributed by atoms with van der Waals surface area (Å²) in [6.45, 7) is 11.3. The van der Waals surface area contributed by atoms with Gasteiger partial charge in [0.1, 0.15) is 0 Å². The van der Waals surface area contributed by atoms with Gasteiger partial charge in [-0.3, -0.25) is 9.98 Å².